The lowest BCUT2D eigenvalue weighted by Gasteiger charge is -2.28. The smallest absolute Gasteiger partial charge is 0.0314 e. The van der Waals surface area contributed by atoms with Gasteiger partial charge in [0.15, 0.2) is 0 Å². The monoisotopic (exact) mass is 292 g/mol. The molecule has 2 aromatic carbocycles. The van der Waals surface area contributed by atoms with E-state index in [4.69, 9.17) is 11.1 Å². The summed E-state index contributed by atoms with van der Waals surface area (Å²) in [6, 6.07) is 17.1. The quantitative estimate of drug-likeness (QED) is 0.587. The summed E-state index contributed by atoms with van der Waals surface area (Å²) in [4.78, 5) is 0. The molecule has 2 heteroatoms. The molecule has 22 heavy (non-hydrogen) atoms. The van der Waals surface area contributed by atoms with Gasteiger partial charge in [-0.05, 0) is 79.0 Å². The van der Waals surface area contributed by atoms with Crippen LogP contribution in [0.2, 0.25) is 0 Å². The van der Waals surface area contributed by atoms with Crippen molar-refractivity contribution < 1.29 is 0 Å². The van der Waals surface area contributed by atoms with Crippen molar-refractivity contribution in [2.24, 2.45) is 5.92 Å². The standard InChI is InChI=1S/C20H24N2/c21-14-13-15-1-3-16(4-2-15)17-5-7-18(8-6-17)19-9-11-20(22)12-10-19/h5-12,14-16,21H,1-4,13,22H2. The lowest BCUT2D eigenvalue weighted by molar-refractivity contribution is 0.335. The van der Waals surface area contributed by atoms with Crippen LogP contribution in [0.15, 0.2) is 48.5 Å². The van der Waals surface area contributed by atoms with E-state index in [1.54, 1.807) is 6.21 Å². The molecule has 0 saturated heterocycles. The molecule has 0 aliphatic heterocycles. The molecule has 0 atom stereocenters. The molecule has 0 unspecified atom stereocenters. The Morgan fingerprint density at radius 3 is 1.95 bits per heavy atom. The Morgan fingerprint density at radius 2 is 1.41 bits per heavy atom. The van der Waals surface area contributed by atoms with Crippen LogP contribution in [0.25, 0.3) is 11.1 Å². The first-order valence-electron chi connectivity index (χ1n) is 8.21. The van der Waals surface area contributed by atoms with Crippen molar-refractivity contribution in [3.8, 4) is 11.1 Å². The zero-order valence-corrected chi connectivity index (χ0v) is 13.0. The minimum Gasteiger partial charge on any atom is -0.399 e. The second kappa shape index (κ2) is 6.78. The molecule has 0 heterocycles. The van der Waals surface area contributed by atoms with Crippen molar-refractivity contribution >= 4 is 11.9 Å². The van der Waals surface area contributed by atoms with Crippen LogP contribution in [0, 0.1) is 11.3 Å². The van der Waals surface area contributed by atoms with E-state index in [0.717, 1.165) is 18.0 Å². The summed E-state index contributed by atoms with van der Waals surface area (Å²) < 4.78 is 0. The van der Waals surface area contributed by atoms with Gasteiger partial charge in [-0.2, -0.15) is 0 Å². The van der Waals surface area contributed by atoms with E-state index in [0.29, 0.717) is 5.92 Å². The van der Waals surface area contributed by atoms with E-state index in [2.05, 4.69) is 36.4 Å². The van der Waals surface area contributed by atoms with Crippen molar-refractivity contribution in [3.05, 3.63) is 54.1 Å². The Hall–Kier alpha value is -2.09. The lowest BCUT2D eigenvalue weighted by Crippen LogP contribution is -2.13. The highest BCUT2D eigenvalue weighted by atomic mass is 14.5. The second-order valence-corrected chi connectivity index (χ2v) is 6.40. The third kappa shape index (κ3) is 3.38. The molecule has 3 rings (SSSR count). The van der Waals surface area contributed by atoms with Crippen molar-refractivity contribution in [2.45, 2.75) is 38.0 Å². The van der Waals surface area contributed by atoms with Crippen molar-refractivity contribution in [1.29, 1.82) is 5.41 Å². The molecular weight excluding hydrogens is 268 g/mol. The molecule has 2 aromatic rings. The summed E-state index contributed by atoms with van der Waals surface area (Å²) in [6.07, 6.45) is 7.59. The van der Waals surface area contributed by atoms with Crippen LogP contribution < -0.4 is 5.73 Å². The molecule has 0 aromatic heterocycles. The molecule has 2 nitrogen and oxygen atoms in total. The lowest BCUT2D eigenvalue weighted by atomic mass is 9.77. The normalized spacial score (nSPS) is 21.5. The van der Waals surface area contributed by atoms with Crippen LogP contribution in [0.3, 0.4) is 0 Å². The van der Waals surface area contributed by atoms with Gasteiger partial charge in [-0.3, -0.25) is 0 Å². The Morgan fingerprint density at radius 1 is 0.864 bits per heavy atom. The topological polar surface area (TPSA) is 49.9 Å². The Balaban J connectivity index is 1.67. The predicted octanol–water partition coefficient (Wildman–Crippen LogP) is 5.25. The summed E-state index contributed by atoms with van der Waals surface area (Å²) >= 11 is 0. The van der Waals surface area contributed by atoms with Gasteiger partial charge in [0.1, 0.15) is 0 Å². The van der Waals surface area contributed by atoms with Gasteiger partial charge in [0.25, 0.3) is 0 Å². The number of nitrogens with two attached hydrogens (primary N) is 1. The highest BCUT2D eigenvalue weighted by Gasteiger charge is 2.21. The van der Waals surface area contributed by atoms with Crippen molar-refractivity contribution in [3.63, 3.8) is 0 Å². The van der Waals surface area contributed by atoms with Crippen molar-refractivity contribution in [1.82, 2.24) is 0 Å². The number of hydrogen-bond donors (Lipinski definition) is 2. The number of anilines is 1. The van der Waals surface area contributed by atoms with Gasteiger partial charge in [-0.25, -0.2) is 0 Å². The summed E-state index contributed by atoms with van der Waals surface area (Å²) in [7, 11) is 0. The number of benzene rings is 2. The van der Waals surface area contributed by atoms with E-state index in [1.807, 2.05) is 12.1 Å². The highest BCUT2D eigenvalue weighted by Crippen LogP contribution is 2.37. The van der Waals surface area contributed by atoms with Gasteiger partial charge in [0.2, 0.25) is 0 Å². The Bertz CT molecular complexity index is 605. The summed E-state index contributed by atoms with van der Waals surface area (Å²) in [5.41, 5.74) is 10.5. The minimum atomic E-state index is 0.697. The summed E-state index contributed by atoms with van der Waals surface area (Å²) in [6.45, 7) is 0. The molecule has 1 aliphatic carbocycles. The molecule has 1 aliphatic rings. The first-order chi connectivity index (χ1) is 10.8. The van der Waals surface area contributed by atoms with E-state index < -0.39 is 0 Å². The predicted molar refractivity (Wildman–Crippen MR) is 94.4 cm³/mol. The van der Waals surface area contributed by atoms with Gasteiger partial charge >= 0.3 is 0 Å². The third-order valence-electron chi connectivity index (χ3n) is 4.92. The average molecular weight is 292 g/mol. The van der Waals surface area contributed by atoms with E-state index in [9.17, 15) is 0 Å². The largest absolute Gasteiger partial charge is 0.399 e. The van der Waals surface area contributed by atoms with E-state index in [1.165, 1.54) is 42.4 Å². The number of nitrogen functional groups attached to an aromatic ring is 1. The molecule has 114 valence electrons. The first kappa shape index (κ1) is 14.8. The van der Waals surface area contributed by atoms with E-state index >= 15 is 0 Å². The van der Waals surface area contributed by atoms with Crippen LogP contribution in [-0.4, -0.2) is 6.21 Å². The van der Waals surface area contributed by atoms with Gasteiger partial charge in [0, 0.05) is 5.69 Å². The van der Waals surface area contributed by atoms with E-state index in [-0.39, 0.29) is 0 Å². The number of rotatable bonds is 4. The maximum absolute atomic E-state index is 7.24. The molecule has 1 saturated carbocycles. The molecule has 3 N–H and O–H groups in total. The SMILES string of the molecule is N=CCC1CCC(c2ccc(-c3ccc(N)cc3)cc2)CC1. The molecule has 1 fully saturated rings. The number of hydrogen-bond acceptors (Lipinski definition) is 2. The second-order valence-electron chi connectivity index (χ2n) is 6.40. The maximum atomic E-state index is 7.24. The van der Waals surface area contributed by atoms with Gasteiger partial charge in [-0.15, -0.1) is 0 Å². The van der Waals surface area contributed by atoms with Gasteiger partial charge in [0.05, 0.1) is 0 Å². The third-order valence-corrected chi connectivity index (χ3v) is 4.92. The number of nitrogens with one attached hydrogen (secondary N) is 1. The van der Waals surface area contributed by atoms with Crippen LogP contribution in [-0.2, 0) is 0 Å². The Labute approximate surface area is 132 Å². The zero-order chi connectivity index (χ0) is 15.4. The minimum absolute atomic E-state index is 0.697. The summed E-state index contributed by atoms with van der Waals surface area (Å²) in [5, 5.41) is 7.24. The molecule has 0 radical (unpaired) electrons. The van der Waals surface area contributed by atoms with Gasteiger partial charge < -0.3 is 11.1 Å². The molecule has 0 bridgehead atoms. The maximum Gasteiger partial charge on any atom is 0.0314 e. The first-order valence-corrected chi connectivity index (χ1v) is 8.21. The highest BCUT2D eigenvalue weighted by molar-refractivity contribution is 5.65. The molecule has 0 spiro atoms. The average Bonchev–Trinajstić information content (AvgIpc) is 2.57. The zero-order valence-electron chi connectivity index (χ0n) is 13.0. The van der Waals surface area contributed by atoms with Gasteiger partial charge in [-0.1, -0.05) is 36.4 Å². The van der Waals surface area contributed by atoms with Crippen LogP contribution in [0.5, 0.6) is 0 Å². The fourth-order valence-corrected chi connectivity index (χ4v) is 3.52. The van der Waals surface area contributed by atoms with Crippen LogP contribution >= 0.6 is 0 Å². The summed E-state index contributed by atoms with van der Waals surface area (Å²) in [5.74, 6) is 1.44. The fourth-order valence-electron chi connectivity index (χ4n) is 3.52. The van der Waals surface area contributed by atoms with Crippen molar-refractivity contribution in [2.75, 3.05) is 5.73 Å². The molecule has 0 amide bonds. The fraction of sp³-hybridized carbons (Fsp3) is 0.350. The Kier molecular flexibility index (Phi) is 4.57. The van der Waals surface area contributed by atoms with Crippen LogP contribution in [0.4, 0.5) is 5.69 Å². The van der Waals surface area contributed by atoms with Crippen LogP contribution in [0.1, 0.15) is 43.6 Å². The molecular formula is C20H24N2.